The van der Waals surface area contributed by atoms with Crippen LogP contribution >= 0.6 is 11.9 Å². The van der Waals surface area contributed by atoms with Gasteiger partial charge in [-0.15, -0.1) is 0 Å². The molecule has 0 bridgehead atoms. The Hall–Kier alpha value is -1.00. The van der Waals surface area contributed by atoms with Crippen molar-refractivity contribution in [3.05, 3.63) is 35.4 Å². The molecular formula is C18H29NO2S. The summed E-state index contributed by atoms with van der Waals surface area (Å²) in [5.74, 6) is -0.286. The smallest absolute Gasteiger partial charge is 0.337 e. The maximum Gasteiger partial charge on any atom is 0.337 e. The fourth-order valence-corrected chi connectivity index (χ4v) is 2.86. The normalized spacial score (nSPS) is 13.0. The third kappa shape index (κ3) is 6.84. The lowest BCUT2D eigenvalue weighted by Gasteiger charge is -2.24. The highest BCUT2D eigenvalue weighted by Crippen LogP contribution is 2.28. The van der Waals surface area contributed by atoms with Crippen LogP contribution in [0.5, 0.6) is 0 Å². The maximum absolute atomic E-state index is 11.5. The molecule has 22 heavy (non-hydrogen) atoms. The summed E-state index contributed by atoms with van der Waals surface area (Å²) < 4.78 is 8.52. The van der Waals surface area contributed by atoms with Crippen molar-refractivity contribution in [2.75, 3.05) is 7.11 Å². The minimum atomic E-state index is -0.286. The van der Waals surface area contributed by atoms with Gasteiger partial charge in [-0.2, -0.15) is 0 Å². The first-order valence-electron chi connectivity index (χ1n) is 7.99. The van der Waals surface area contributed by atoms with Crippen molar-refractivity contribution >= 4 is 17.9 Å². The van der Waals surface area contributed by atoms with E-state index in [4.69, 9.17) is 4.74 Å². The Labute approximate surface area is 139 Å². The topological polar surface area (TPSA) is 38.3 Å². The van der Waals surface area contributed by atoms with E-state index >= 15 is 0 Å². The predicted octanol–water partition coefficient (Wildman–Crippen LogP) is 5.13. The summed E-state index contributed by atoms with van der Waals surface area (Å²) in [6, 6.07) is 8.05. The van der Waals surface area contributed by atoms with Crippen LogP contribution in [0, 0.1) is 0 Å². The minimum Gasteiger partial charge on any atom is -0.465 e. The Kier molecular flexibility index (Phi) is 7.97. The van der Waals surface area contributed by atoms with E-state index in [0.29, 0.717) is 11.6 Å². The van der Waals surface area contributed by atoms with Gasteiger partial charge in [-0.3, -0.25) is 4.72 Å². The minimum absolute atomic E-state index is 0.176. The van der Waals surface area contributed by atoms with Gasteiger partial charge in [0.2, 0.25) is 0 Å². The number of hydrogen-bond donors (Lipinski definition) is 1. The van der Waals surface area contributed by atoms with Crippen molar-refractivity contribution in [1.82, 2.24) is 4.72 Å². The van der Waals surface area contributed by atoms with Crippen molar-refractivity contribution < 1.29 is 9.53 Å². The Balaban J connectivity index is 2.77. The molecule has 0 saturated carbocycles. The van der Waals surface area contributed by atoms with Gasteiger partial charge in [-0.1, -0.05) is 50.3 Å². The van der Waals surface area contributed by atoms with E-state index < -0.39 is 0 Å². The third-order valence-corrected chi connectivity index (χ3v) is 4.35. The number of methoxy groups -OCH3 is 1. The van der Waals surface area contributed by atoms with Crippen LogP contribution in [-0.2, 0) is 4.74 Å². The van der Waals surface area contributed by atoms with E-state index in [-0.39, 0.29) is 10.7 Å². The van der Waals surface area contributed by atoms with E-state index in [9.17, 15) is 4.79 Å². The highest BCUT2D eigenvalue weighted by Gasteiger charge is 2.17. The zero-order chi connectivity index (χ0) is 16.6. The van der Waals surface area contributed by atoms with E-state index in [2.05, 4.69) is 32.4 Å². The predicted molar refractivity (Wildman–Crippen MR) is 95.1 cm³/mol. The molecule has 1 rings (SSSR count). The first-order chi connectivity index (χ1) is 10.4. The first kappa shape index (κ1) is 19.0. The number of hydrogen-bond acceptors (Lipinski definition) is 4. The van der Waals surface area contributed by atoms with Crippen molar-refractivity contribution in [3.8, 4) is 0 Å². The maximum atomic E-state index is 11.5. The summed E-state index contributed by atoms with van der Waals surface area (Å²) in [6.45, 7) is 8.83. The van der Waals surface area contributed by atoms with Crippen LogP contribution in [0.2, 0.25) is 0 Å². The summed E-state index contributed by atoms with van der Waals surface area (Å²) in [4.78, 5) is 11.5. The second kappa shape index (κ2) is 9.21. The molecule has 124 valence electrons. The fraction of sp³-hybridized carbons (Fsp3) is 0.611. The van der Waals surface area contributed by atoms with Gasteiger partial charge in [0.25, 0.3) is 0 Å². The molecule has 0 heterocycles. The Morgan fingerprint density at radius 3 is 2.36 bits per heavy atom. The molecule has 0 aliphatic rings. The molecule has 0 spiro atoms. The van der Waals surface area contributed by atoms with Crippen LogP contribution in [0.1, 0.15) is 75.3 Å². The van der Waals surface area contributed by atoms with Crippen molar-refractivity contribution in [1.29, 1.82) is 0 Å². The van der Waals surface area contributed by atoms with Gasteiger partial charge in [0.05, 0.1) is 12.7 Å². The molecule has 3 nitrogen and oxygen atoms in total. The summed E-state index contributed by atoms with van der Waals surface area (Å²) in [6.07, 6.45) is 4.78. The molecule has 0 aliphatic heterocycles. The number of esters is 1. The molecule has 0 amide bonds. The standard InChI is InChI=1S/C18H29NO2S/c1-6-7-8-9-16(19-22-18(2,3)4)14-10-12-15(13-11-14)17(20)21-5/h10-13,16,19H,6-9H2,1-5H3. The van der Waals surface area contributed by atoms with E-state index in [0.717, 1.165) is 6.42 Å². The van der Waals surface area contributed by atoms with Gasteiger partial charge >= 0.3 is 5.97 Å². The lowest BCUT2D eigenvalue weighted by atomic mass is 10.00. The van der Waals surface area contributed by atoms with E-state index in [1.54, 1.807) is 11.9 Å². The second-order valence-corrected chi connectivity index (χ2v) is 8.16. The van der Waals surface area contributed by atoms with Gasteiger partial charge in [-0.25, -0.2) is 4.79 Å². The number of carbonyl (C=O) groups excluding carboxylic acids is 1. The van der Waals surface area contributed by atoms with Crippen molar-refractivity contribution in [2.24, 2.45) is 0 Å². The quantitative estimate of drug-likeness (QED) is 0.409. The van der Waals surface area contributed by atoms with Crippen LogP contribution < -0.4 is 4.72 Å². The highest BCUT2D eigenvalue weighted by atomic mass is 32.2. The molecule has 0 aliphatic carbocycles. The van der Waals surface area contributed by atoms with Gasteiger partial charge in [0.15, 0.2) is 0 Å². The highest BCUT2D eigenvalue weighted by molar-refractivity contribution is 7.98. The van der Waals surface area contributed by atoms with Gasteiger partial charge in [0, 0.05) is 10.8 Å². The molecule has 0 radical (unpaired) electrons. The summed E-state index contributed by atoms with van der Waals surface area (Å²) >= 11 is 1.77. The average Bonchev–Trinajstić information content (AvgIpc) is 2.49. The average molecular weight is 324 g/mol. The van der Waals surface area contributed by atoms with Crippen molar-refractivity contribution in [3.63, 3.8) is 0 Å². The van der Waals surface area contributed by atoms with Gasteiger partial charge < -0.3 is 4.74 Å². The molecule has 1 atom stereocenters. The Bertz CT molecular complexity index is 451. The fourth-order valence-electron chi connectivity index (χ4n) is 2.11. The summed E-state index contributed by atoms with van der Waals surface area (Å²) in [5.41, 5.74) is 1.82. The van der Waals surface area contributed by atoms with Crippen LogP contribution in [0.15, 0.2) is 24.3 Å². The van der Waals surface area contributed by atoms with Gasteiger partial charge in [-0.05, 0) is 44.9 Å². The first-order valence-corrected chi connectivity index (χ1v) is 8.81. The zero-order valence-corrected chi connectivity index (χ0v) is 15.3. The van der Waals surface area contributed by atoms with E-state index in [1.165, 1.54) is 31.9 Å². The molecule has 1 aromatic carbocycles. The third-order valence-electron chi connectivity index (χ3n) is 3.34. The number of benzene rings is 1. The number of unbranched alkanes of at least 4 members (excludes halogenated alkanes) is 2. The number of carbonyl (C=O) groups is 1. The van der Waals surface area contributed by atoms with Crippen molar-refractivity contribution in [2.45, 2.75) is 64.2 Å². The van der Waals surface area contributed by atoms with Crippen LogP contribution in [0.3, 0.4) is 0 Å². The SMILES string of the molecule is CCCCCC(NSC(C)(C)C)c1ccc(C(=O)OC)cc1. The molecular weight excluding hydrogens is 294 g/mol. The van der Waals surface area contributed by atoms with Crippen LogP contribution in [0.25, 0.3) is 0 Å². The lowest BCUT2D eigenvalue weighted by Crippen LogP contribution is -2.22. The number of rotatable bonds is 8. The van der Waals surface area contributed by atoms with E-state index in [1.807, 2.05) is 24.3 Å². The molecule has 0 saturated heterocycles. The largest absolute Gasteiger partial charge is 0.465 e. The monoisotopic (exact) mass is 323 g/mol. The second-order valence-electron chi connectivity index (χ2n) is 6.49. The summed E-state index contributed by atoms with van der Waals surface area (Å²) in [5, 5.41) is 0. The number of nitrogens with one attached hydrogen (secondary N) is 1. The lowest BCUT2D eigenvalue weighted by molar-refractivity contribution is 0.0600. The van der Waals surface area contributed by atoms with Crippen LogP contribution in [-0.4, -0.2) is 17.8 Å². The molecule has 0 aromatic heterocycles. The Morgan fingerprint density at radius 1 is 1.23 bits per heavy atom. The van der Waals surface area contributed by atoms with Gasteiger partial charge in [0.1, 0.15) is 0 Å². The summed E-state index contributed by atoms with van der Waals surface area (Å²) in [7, 11) is 1.41. The zero-order valence-electron chi connectivity index (χ0n) is 14.4. The molecule has 1 unspecified atom stereocenters. The Morgan fingerprint density at radius 2 is 1.86 bits per heavy atom. The number of ether oxygens (including phenoxy) is 1. The molecule has 1 N–H and O–H groups in total. The molecule has 4 heteroatoms. The molecule has 0 fully saturated rings. The molecule has 1 aromatic rings. The van der Waals surface area contributed by atoms with Crippen LogP contribution in [0.4, 0.5) is 0 Å².